The van der Waals surface area contributed by atoms with Gasteiger partial charge in [0.05, 0.1) is 5.02 Å². The molecule has 0 saturated heterocycles. The highest BCUT2D eigenvalue weighted by Gasteiger charge is 2.29. The zero-order valence-electron chi connectivity index (χ0n) is 14.1. The highest BCUT2D eigenvalue weighted by Crippen LogP contribution is 2.31. The number of halogens is 2. The zero-order chi connectivity index (χ0) is 18.7. The molecule has 0 unspecified atom stereocenters. The Labute approximate surface area is 161 Å². The van der Waals surface area contributed by atoms with Crippen LogP contribution in [0.25, 0.3) is 0 Å². The average molecular weight is 393 g/mol. The number of carbonyl (C=O) groups excluding carboxylic acids is 2. The number of amides is 2. The molecule has 7 heteroatoms. The molecular weight excluding hydrogens is 375 g/mol. The molecule has 5 nitrogen and oxygen atoms in total. The Morgan fingerprint density at radius 1 is 1.12 bits per heavy atom. The van der Waals surface area contributed by atoms with Crippen molar-refractivity contribution < 1.29 is 14.3 Å². The van der Waals surface area contributed by atoms with Gasteiger partial charge in [0, 0.05) is 22.3 Å². The molecule has 0 spiro atoms. The molecule has 0 radical (unpaired) electrons. The van der Waals surface area contributed by atoms with Crippen LogP contribution in [0.5, 0.6) is 5.75 Å². The highest BCUT2D eigenvalue weighted by molar-refractivity contribution is 6.35. The van der Waals surface area contributed by atoms with Gasteiger partial charge in [-0.05, 0) is 55.7 Å². The molecular formula is C19H18Cl2N2O3. The third-order valence-corrected chi connectivity index (χ3v) is 4.51. The molecule has 26 heavy (non-hydrogen) atoms. The minimum absolute atomic E-state index is 0.0253. The molecule has 2 N–H and O–H groups in total. The van der Waals surface area contributed by atoms with E-state index < -0.39 is 0 Å². The van der Waals surface area contributed by atoms with Crippen LogP contribution in [0.1, 0.15) is 18.4 Å². The van der Waals surface area contributed by atoms with E-state index in [4.69, 9.17) is 27.9 Å². The molecule has 1 saturated carbocycles. The van der Waals surface area contributed by atoms with Gasteiger partial charge in [-0.25, -0.2) is 0 Å². The first-order valence-corrected chi connectivity index (χ1v) is 8.97. The number of hydrogen-bond donors (Lipinski definition) is 2. The van der Waals surface area contributed by atoms with E-state index in [1.165, 1.54) is 0 Å². The van der Waals surface area contributed by atoms with Crippen LogP contribution in [0.15, 0.2) is 36.4 Å². The second-order valence-electron chi connectivity index (χ2n) is 6.20. The Morgan fingerprint density at radius 2 is 1.88 bits per heavy atom. The number of rotatable bonds is 6. The van der Waals surface area contributed by atoms with Crippen molar-refractivity contribution in [3.05, 3.63) is 52.0 Å². The molecule has 1 aliphatic carbocycles. The summed E-state index contributed by atoms with van der Waals surface area (Å²) >= 11 is 11.8. The maximum Gasteiger partial charge on any atom is 0.262 e. The third-order valence-electron chi connectivity index (χ3n) is 3.98. The number of ether oxygens (including phenoxy) is 1. The Balaban J connectivity index is 1.59. The summed E-state index contributed by atoms with van der Waals surface area (Å²) in [5.74, 6) is 0.189. The van der Waals surface area contributed by atoms with Crippen LogP contribution in [0.3, 0.4) is 0 Å². The van der Waals surface area contributed by atoms with Crippen LogP contribution in [0, 0.1) is 12.8 Å². The smallest absolute Gasteiger partial charge is 0.262 e. The first kappa shape index (κ1) is 18.5. The second-order valence-corrected chi connectivity index (χ2v) is 7.05. The van der Waals surface area contributed by atoms with E-state index in [-0.39, 0.29) is 24.3 Å². The monoisotopic (exact) mass is 392 g/mol. The molecule has 1 fully saturated rings. The Kier molecular flexibility index (Phi) is 5.69. The summed E-state index contributed by atoms with van der Waals surface area (Å²) in [5.41, 5.74) is 2.21. The molecule has 3 rings (SSSR count). The predicted molar refractivity (Wildman–Crippen MR) is 103 cm³/mol. The molecule has 136 valence electrons. The Hall–Kier alpha value is -2.24. The van der Waals surface area contributed by atoms with Crippen LogP contribution in [-0.4, -0.2) is 18.4 Å². The second kappa shape index (κ2) is 7.98. The summed E-state index contributed by atoms with van der Waals surface area (Å²) in [4.78, 5) is 24.0. The van der Waals surface area contributed by atoms with Crippen LogP contribution in [0.4, 0.5) is 11.4 Å². The van der Waals surface area contributed by atoms with E-state index in [1.807, 2.05) is 13.0 Å². The summed E-state index contributed by atoms with van der Waals surface area (Å²) < 4.78 is 5.41. The summed E-state index contributed by atoms with van der Waals surface area (Å²) in [5, 5.41) is 6.48. The van der Waals surface area contributed by atoms with E-state index in [2.05, 4.69) is 10.6 Å². The van der Waals surface area contributed by atoms with Gasteiger partial charge in [-0.2, -0.15) is 0 Å². The molecule has 0 bridgehead atoms. The van der Waals surface area contributed by atoms with E-state index in [0.29, 0.717) is 27.2 Å². The predicted octanol–water partition coefficient (Wildman–Crippen LogP) is 4.67. The van der Waals surface area contributed by atoms with Gasteiger partial charge in [0.2, 0.25) is 5.91 Å². The summed E-state index contributed by atoms with van der Waals surface area (Å²) in [6.07, 6.45) is 1.87. The summed E-state index contributed by atoms with van der Waals surface area (Å²) in [7, 11) is 0. The van der Waals surface area contributed by atoms with Crippen molar-refractivity contribution in [1.29, 1.82) is 0 Å². The average Bonchev–Trinajstić information content (AvgIpc) is 3.42. The van der Waals surface area contributed by atoms with Gasteiger partial charge < -0.3 is 15.4 Å². The molecule has 1 aliphatic rings. The van der Waals surface area contributed by atoms with Gasteiger partial charge in [0.15, 0.2) is 6.61 Å². The van der Waals surface area contributed by atoms with Crippen molar-refractivity contribution in [2.75, 3.05) is 17.2 Å². The molecule has 2 amide bonds. The number of nitrogens with one attached hydrogen (secondary N) is 2. The van der Waals surface area contributed by atoms with Crippen molar-refractivity contribution in [3.63, 3.8) is 0 Å². The van der Waals surface area contributed by atoms with Gasteiger partial charge in [0.25, 0.3) is 5.91 Å². The largest absolute Gasteiger partial charge is 0.482 e. The van der Waals surface area contributed by atoms with Gasteiger partial charge in [-0.1, -0.05) is 29.3 Å². The van der Waals surface area contributed by atoms with Crippen molar-refractivity contribution in [1.82, 2.24) is 0 Å². The minimum atomic E-state index is -0.334. The van der Waals surface area contributed by atoms with Gasteiger partial charge in [0.1, 0.15) is 5.75 Å². The Bertz CT molecular complexity index is 851. The van der Waals surface area contributed by atoms with Crippen LogP contribution < -0.4 is 15.4 Å². The lowest BCUT2D eigenvalue weighted by molar-refractivity contribution is -0.118. The lowest BCUT2D eigenvalue weighted by Crippen LogP contribution is -2.20. The fourth-order valence-electron chi connectivity index (χ4n) is 2.35. The van der Waals surface area contributed by atoms with Gasteiger partial charge in [-0.3, -0.25) is 9.59 Å². The summed E-state index contributed by atoms with van der Waals surface area (Å²) in [6, 6.07) is 10.1. The van der Waals surface area contributed by atoms with Gasteiger partial charge >= 0.3 is 0 Å². The maximum atomic E-state index is 12.1. The fraction of sp³-hybridized carbons (Fsp3) is 0.263. The SMILES string of the molecule is Cc1ccc(NC(=O)COc2ccc(Cl)cc2Cl)cc1NC(=O)C1CC1. The number of benzene rings is 2. The van der Waals surface area contributed by atoms with Crippen LogP contribution in [0.2, 0.25) is 10.0 Å². The molecule has 2 aromatic carbocycles. The standard InChI is InChI=1S/C19H18Cl2N2O3/c1-11-2-6-14(9-16(11)23-19(25)12-3-4-12)22-18(24)10-26-17-7-5-13(20)8-15(17)21/h2,5-9,12H,3-4,10H2,1H3,(H,22,24)(H,23,25). The summed E-state index contributed by atoms with van der Waals surface area (Å²) in [6.45, 7) is 1.71. The molecule has 0 aliphatic heterocycles. The number of anilines is 2. The third kappa shape index (κ3) is 4.90. The van der Waals surface area contributed by atoms with E-state index in [1.54, 1.807) is 30.3 Å². The number of carbonyl (C=O) groups is 2. The highest BCUT2D eigenvalue weighted by atomic mass is 35.5. The van der Waals surface area contributed by atoms with E-state index in [0.717, 1.165) is 18.4 Å². The normalized spacial score (nSPS) is 13.2. The first-order chi connectivity index (χ1) is 12.4. The minimum Gasteiger partial charge on any atom is -0.482 e. The van der Waals surface area contributed by atoms with Crippen LogP contribution >= 0.6 is 23.2 Å². The number of hydrogen-bond acceptors (Lipinski definition) is 3. The fourth-order valence-corrected chi connectivity index (χ4v) is 2.81. The van der Waals surface area contributed by atoms with Crippen LogP contribution in [-0.2, 0) is 9.59 Å². The van der Waals surface area contributed by atoms with E-state index >= 15 is 0 Å². The zero-order valence-corrected chi connectivity index (χ0v) is 15.7. The van der Waals surface area contributed by atoms with E-state index in [9.17, 15) is 9.59 Å². The van der Waals surface area contributed by atoms with Crippen molar-refractivity contribution in [2.45, 2.75) is 19.8 Å². The number of aryl methyl sites for hydroxylation is 1. The van der Waals surface area contributed by atoms with Crippen molar-refractivity contribution in [2.24, 2.45) is 5.92 Å². The Morgan fingerprint density at radius 3 is 2.58 bits per heavy atom. The quantitative estimate of drug-likeness (QED) is 0.750. The lowest BCUT2D eigenvalue weighted by Gasteiger charge is -2.12. The maximum absolute atomic E-state index is 12.1. The first-order valence-electron chi connectivity index (χ1n) is 8.21. The molecule has 0 atom stereocenters. The molecule has 0 heterocycles. The van der Waals surface area contributed by atoms with Crippen molar-refractivity contribution >= 4 is 46.4 Å². The van der Waals surface area contributed by atoms with Crippen molar-refractivity contribution in [3.8, 4) is 5.75 Å². The molecule has 0 aromatic heterocycles. The lowest BCUT2D eigenvalue weighted by atomic mass is 10.1. The van der Waals surface area contributed by atoms with Gasteiger partial charge in [-0.15, -0.1) is 0 Å². The molecule has 2 aromatic rings. The topological polar surface area (TPSA) is 67.4 Å².